The number of aryl methyl sites for hydroxylation is 2. The maximum atomic E-state index is 10.8. The van der Waals surface area contributed by atoms with E-state index in [0.29, 0.717) is 11.5 Å². The zero-order valence-corrected chi connectivity index (χ0v) is 13.1. The number of hydrogen-bond donors (Lipinski definition) is 1. The first-order chi connectivity index (χ1) is 10.6. The van der Waals surface area contributed by atoms with Gasteiger partial charge < -0.3 is 15.2 Å². The van der Waals surface area contributed by atoms with E-state index in [0.717, 1.165) is 29.8 Å². The van der Waals surface area contributed by atoms with E-state index in [2.05, 4.69) is 0 Å². The molecule has 0 unspecified atom stereocenters. The minimum Gasteiger partial charge on any atom is -0.493 e. The molecule has 0 fully saturated rings. The number of rotatable bonds is 6. The first kappa shape index (κ1) is 16.2. The molecule has 0 saturated carbocycles. The van der Waals surface area contributed by atoms with Crippen LogP contribution in [0.15, 0.2) is 42.5 Å². The summed E-state index contributed by atoms with van der Waals surface area (Å²) in [6.07, 6.45) is 2.02. The maximum absolute atomic E-state index is 10.8. The second-order valence-electron chi connectivity index (χ2n) is 4.89. The van der Waals surface area contributed by atoms with Crippen LogP contribution in [0.25, 0.3) is 0 Å². The lowest BCUT2D eigenvalue weighted by Crippen LogP contribution is -2.16. The molecule has 0 spiro atoms. The Bertz CT molecular complexity index is 641. The average molecular weight is 320 g/mol. The highest BCUT2D eigenvalue weighted by molar-refractivity contribution is 6.30. The second-order valence-corrected chi connectivity index (χ2v) is 5.32. The fraction of sp³-hybridized carbons (Fsp3) is 0.235. The summed E-state index contributed by atoms with van der Waals surface area (Å²) >= 11 is 5.87. The first-order valence-electron chi connectivity index (χ1n) is 6.97. The molecule has 2 aromatic carbocycles. The Morgan fingerprint density at radius 3 is 2.32 bits per heavy atom. The van der Waals surface area contributed by atoms with Crippen molar-refractivity contribution in [3.05, 3.63) is 58.6 Å². The van der Waals surface area contributed by atoms with Crippen LogP contribution in [0.5, 0.6) is 11.5 Å². The van der Waals surface area contributed by atoms with Crippen molar-refractivity contribution in [2.75, 3.05) is 7.11 Å². The molecular weight excluding hydrogens is 302 g/mol. The number of hydrogen-bond acceptors (Lipinski definition) is 3. The van der Waals surface area contributed by atoms with Crippen molar-refractivity contribution in [1.29, 1.82) is 0 Å². The molecule has 0 saturated heterocycles. The van der Waals surface area contributed by atoms with E-state index in [9.17, 15) is 4.79 Å². The number of amides is 1. The summed E-state index contributed by atoms with van der Waals surface area (Å²) in [5.41, 5.74) is 7.38. The maximum Gasteiger partial charge on any atom is 0.410 e. The van der Waals surface area contributed by atoms with Crippen LogP contribution in [0.1, 0.15) is 17.5 Å². The monoisotopic (exact) mass is 319 g/mol. The number of methoxy groups -OCH3 is 1. The summed E-state index contributed by atoms with van der Waals surface area (Å²) in [7, 11) is 1.53. The third-order valence-electron chi connectivity index (χ3n) is 3.28. The number of nitrogens with two attached hydrogens (primary N) is 1. The van der Waals surface area contributed by atoms with Crippen molar-refractivity contribution in [1.82, 2.24) is 0 Å². The van der Waals surface area contributed by atoms with Crippen LogP contribution in [-0.4, -0.2) is 13.2 Å². The Hall–Kier alpha value is -2.20. The molecule has 0 aliphatic heterocycles. The summed E-state index contributed by atoms with van der Waals surface area (Å²) in [5.74, 6) is 0.833. The van der Waals surface area contributed by atoms with Crippen LogP contribution in [0.2, 0.25) is 5.02 Å². The quantitative estimate of drug-likeness (QED) is 0.876. The van der Waals surface area contributed by atoms with Crippen LogP contribution < -0.4 is 15.2 Å². The van der Waals surface area contributed by atoms with E-state index in [1.807, 2.05) is 36.4 Å². The van der Waals surface area contributed by atoms with Crippen molar-refractivity contribution in [3.63, 3.8) is 0 Å². The highest BCUT2D eigenvalue weighted by Gasteiger charge is 2.08. The molecule has 1 amide bonds. The van der Waals surface area contributed by atoms with Gasteiger partial charge in [0.15, 0.2) is 11.5 Å². The molecule has 4 nitrogen and oxygen atoms in total. The van der Waals surface area contributed by atoms with Gasteiger partial charge in [-0.3, -0.25) is 0 Å². The number of halogens is 1. The smallest absolute Gasteiger partial charge is 0.410 e. The van der Waals surface area contributed by atoms with Gasteiger partial charge in [-0.1, -0.05) is 29.8 Å². The lowest BCUT2D eigenvalue weighted by molar-refractivity contribution is 0.208. The molecule has 0 atom stereocenters. The summed E-state index contributed by atoms with van der Waals surface area (Å²) in [6, 6.07) is 13.3. The van der Waals surface area contributed by atoms with Gasteiger partial charge in [0.25, 0.3) is 0 Å². The van der Waals surface area contributed by atoms with Gasteiger partial charge >= 0.3 is 6.09 Å². The molecule has 0 bridgehead atoms. The molecule has 116 valence electrons. The van der Waals surface area contributed by atoms with Gasteiger partial charge in [-0.15, -0.1) is 0 Å². The lowest BCUT2D eigenvalue weighted by atomic mass is 10.0. The lowest BCUT2D eigenvalue weighted by Gasteiger charge is -2.10. The van der Waals surface area contributed by atoms with E-state index < -0.39 is 6.09 Å². The molecule has 0 aromatic heterocycles. The van der Waals surface area contributed by atoms with Gasteiger partial charge in [-0.2, -0.15) is 0 Å². The number of benzene rings is 2. The number of primary amides is 1. The van der Waals surface area contributed by atoms with Crippen molar-refractivity contribution < 1.29 is 14.3 Å². The van der Waals surface area contributed by atoms with Crippen LogP contribution in [-0.2, 0) is 12.8 Å². The van der Waals surface area contributed by atoms with E-state index >= 15 is 0 Å². The highest BCUT2D eigenvalue weighted by Crippen LogP contribution is 2.28. The zero-order valence-electron chi connectivity index (χ0n) is 12.3. The molecular formula is C17H18ClNO3. The summed E-state index contributed by atoms with van der Waals surface area (Å²) < 4.78 is 10.1. The minimum atomic E-state index is -0.853. The molecule has 2 aromatic rings. The van der Waals surface area contributed by atoms with Crippen molar-refractivity contribution >= 4 is 17.7 Å². The number of carbonyl (C=O) groups is 1. The van der Waals surface area contributed by atoms with Crippen molar-refractivity contribution in [3.8, 4) is 11.5 Å². The molecule has 0 aliphatic carbocycles. The molecule has 5 heteroatoms. The predicted molar refractivity (Wildman–Crippen MR) is 86.7 cm³/mol. The molecule has 2 N–H and O–H groups in total. The Balaban J connectivity index is 1.95. The Morgan fingerprint density at radius 2 is 1.68 bits per heavy atom. The Kier molecular flexibility index (Phi) is 5.67. The number of carbonyl (C=O) groups excluding carboxylic acids is 1. The minimum absolute atomic E-state index is 0.330. The van der Waals surface area contributed by atoms with Crippen LogP contribution in [0.4, 0.5) is 4.79 Å². The first-order valence-corrected chi connectivity index (χ1v) is 7.35. The van der Waals surface area contributed by atoms with Crippen LogP contribution in [0, 0.1) is 0 Å². The largest absolute Gasteiger partial charge is 0.493 e. The van der Waals surface area contributed by atoms with Gasteiger partial charge in [0.1, 0.15) is 0 Å². The van der Waals surface area contributed by atoms with Crippen LogP contribution >= 0.6 is 11.6 Å². The van der Waals surface area contributed by atoms with E-state index in [-0.39, 0.29) is 0 Å². The van der Waals surface area contributed by atoms with E-state index in [1.165, 1.54) is 12.7 Å². The Morgan fingerprint density at radius 1 is 1.05 bits per heavy atom. The van der Waals surface area contributed by atoms with Gasteiger partial charge in [-0.25, -0.2) is 4.79 Å². The van der Waals surface area contributed by atoms with E-state index in [1.54, 1.807) is 6.07 Å². The molecule has 0 radical (unpaired) electrons. The summed E-state index contributed by atoms with van der Waals surface area (Å²) in [4.78, 5) is 10.8. The zero-order chi connectivity index (χ0) is 15.9. The molecule has 22 heavy (non-hydrogen) atoms. The van der Waals surface area contributed by atoms with Crippen LogP contribution in [0.3, 0.4) is 0 Å². The SMILES string of the molecule is COc1cc(CCCc2ccc(Cl)cc2)ccc1OC(N)=O. The van der Waals surface area contributed by atoms with Gasteiger partial charge in [-0.05, 0) is 54.7 Å². The summed E-state index contributed by atoms with van der Waals surface area (Å²) in [5, 5.41) is 0.749. The van der Waals surface area contributed by atoms with Crippen molar-refractivity contribution in [2.45, 2.75) is 19.3 Å². The van der Waals surface area contributed by atoms with Gasteiger partial charge in [0.2, 0.25) is 0 Å². The van der Waals surface area contributed by atoms with Crippen molar-refractivity contribution in [2.24, 2.45) is 5.73 Å². The average Bonchev–Trinajstić information content (AvgIpc) is 2.50. The predicted octanol–water partition coefficient (Wildman–Crippen LogP) is 3.98. The van der Waals surface area contributed by atoms with Gasteiger partial charge in [0, 0.05) is 5.02 Å². The third-order valence-corrected chi connectivity index (χ3v) is 3.53. The molecule has 0 heterocycles. The standard InChI is InChI=1S/C17H18ClNO3/c1-21-16-11-13(7-10-15(16)22-17(19)20)4-2-3-12-5-8-14(18)9-6-12/h5-11H,2-4H2,1H3,(H2,19,20). The second kappa shape index (κ2) is 7.71. The van der Waals surface area contributed by atoms with E-state index in [4.69, 9.17) is 26.8 Å². The highest BCUT2D eigenvalue weighted by atomic mass is 35.5. The fourth-order valence-corrected chi connectivity index (χ4v) is 2.33. The number of ether oxygens (including phenoxy) is 2. The van der Waals surface area contributed by atoms with Gasteiger partial charge in [0.05, 0.1) is 7.11 Å². The third kappa shape index (κ3) is 4.67. The normalized spacial score (nSPS) is 10.3. The Labute approximate surface area is 134 Å². The molecule has 2 rings (SSSR count). The summed E-state index contributed by atoms with van der Waals surface area (Å²) in [6.45, 7) is 0. The molecule has 0 aliphatic rings. The topological polar surface area (TPSA) is 61.6 Å². The fourth-order valence-electron chi connectivity index (χ4n) is 2.21.